The van der Waals surface area contributed by atoms with Gasteiger partial charge in [-0.15, -0.1) is 0 Å². The number of anilines is 1. The fraction of sp³-hybridized carbons (Fsp3) is 0.385. The van der Waals surface area contributed by atoms with E-state index in [1.54, 1.807) is 12.1 Å². The van der Waals surface area contributed by atoms with E-state index in [-0.39, 0.29) is 12.3 Å². The number of aliphatic hydroxyl groups is 1. The van der Waals surface area contributed by atoms with Crippen molar-refractivity contribution in [2.75, 3.05) is 17.1 Å². The lowest BCUT2D eigenvalue weighted by Gasteiger charge is -2.09. The number of hydrogen-bond donors (Lipinski definition) is 2. The smallest absolute Gasteiger partial charge is 0.384 e. The van der Waals surface area contributed by atoms with E-state index in [2.05, 4.69) is 16.6 Å². The van der Waals surface area contributed by atoms with Crippen LogP contribution in [0.5, 0.6) is 0 Å². The normalized spacial score (nSPS) is 11.6. The number of aliphatic hydroxyl groups excluding tert-OH is 1. The first kappa shape index (κ1) is 17.3. The Kier molecular flexibility index (Phi) is 6.05. The van der Waals surface area contributed by atoms with Crippen molar-refractivity contribution < 1.29 is 26.7 Å². The SMILES string of the molecule is O=S(=O)(CCCC(F)(F)F)Nc1cccc(C#CCO)c1. The van der Waals surface area contributed by atoms with Crippen molar-refractivity contribution in [3.05, 3.63) is 29.8 Å². The largest absolute Gasteiger partial charge is 0.389 e. The Morgan fingerprint density at radius 3 is 2.62 bits per heavy atom. The topological polar surface area (TPSA) is 66.4 Å². The summed E-state index contributed by atoms with van der Waals surface area (Å²) in [4.78, 5) is 0. The minimum Gasteiger partial charge on any atom is -0.384 e. The van der Waals surface area contributed by atoms with Gasteiger partial charge < -0.3 is 5.11 Å². The first-order valence-electron chi connectivity index (χ1n) is 5.99. The maximum absolute atomic E-state index is 12.0. The van der Waals surface area contributed by atoms with E-state index in [1.807, 2.05) is 0 Å². The van der Waals surface area contributed by atoms with Crippen molar-refractivity contribution >= 4 is 15.7 Å². The molecule has 0 atom stereocenters. The van der Waals surface area contributed by atoms with Crippen molar-refractivity contribution in [2.24, 2.45) is 0 Å². The summed E-state index contributed by atoms with van der Waals surface area (Å²) < 4.78 is 61.4. The van der Waals surface area contributed by atoms with Gasteiger partial charge in [-0.3, -0.25) is 4.72 Å². The lowest BCUT2D eigenvalue weighted by Crippen LogP contribution is -2.18. The average molecular weight is 321 g/mol. The van der Waals surface area contributed by atoms with Crippen molar-refractivity contribution in [1.29, 1.82) is 0 Å². The standard InChI is InChI=1S/C13H14F3NO3S/c14-13(15,16)7-3-9-21(19,20)17-12-6-1-4-11(10-12)5-2-8-18/h1,4,6,10,17-18H,3,7-9H2. The first-order valence-corrected chi connectivity index (χ1v) is 7.64. The van der Waals surface area contributed by atoms with E-state index in [0.717, 1.165) is 0 Å². The molecule has 8 heteroatoms. The van der Waals surface area contributed by atoms with E-state index >= 15 is 0 Å². The summed E-state index contributed by atoms with van der Waals surface area (Å²) in [6, 6.07) is 6.06. The zero-order valence-electron chi connectivity index (χ0n) is 10.9. The van der Waals surface area contributed by atoms with Gasteiger partial charge in [0.15, 0.2) is 0 Å². The van der Waals surface area contributed by atoms with Crippen LogP contribution in [-0.4, -0.2) is 32.1 Å². The molecule has 0 unspecified atom stereocenters. The highest BCUT2D eigenvalue weighted by atomic mass is 32.2. The molecule has 0 aliphatic carbocycles. The monoisotopic (exact) mass is 321 g/mol. The maximum Gasteiger partial charge on any atom is 0.389 e. The third-order valence-corrected chi connectivity index (χ3v) is 3.69. The molecule has 0 aromatic heterocycles. The number of rotatable bonds is 5. The van der Waals surface area contributed by atoms with Crippen LogP contribution in [0.2, 0.25) is 0 Å². The zero-order chi connectivity index (χ0) is 15.9. The summed E-state index contributed by atoms with van der Waals surface area (Å²) in [7, 11) is -3.84. The van der Waals surface area contributed by atoms with Crippen molar-refractivity contribution in [2.45, 2.75) is 19.0 Å². The van der Waals surface area contributed by atoms with Gasteiger partial charge in [-0.25, -0.2) is 8.42 Å². The Morgan fingerprint density at radius 2 is 2.00 bits per heavy atom. The fourth-order valence-corrected chi connectivity index (χ4v) is 2.61. The quantitative estimate of drug-likeness (QED) is 0.816. The molecule has 0 radical (unpaired) electrons. The summed E-state index contributed by atoms with van der Waals surface area (Å²) in [5, 5.41) is 8.57. The highest BCUT2D eigenvalue weighted by Crippen LogP contribution is 2.22. The Labute approximate surface area is 121 Å². The van der Waals surface area contributed by atoms with Crippen LogP contribution in [0.15, 0.2) is 24.3 Å². The molecule has 116 valence electrons. The Balaban J connectivity index is 2.67. The number of alkyl halides is 3. The predicted molar refractivity (Wildman–Crippen MR) is 73.1 cm³/mol. The summed E-state index contributed by atoms with van der Waals surface area (Å²) in [5.41, 5.74) is 0.700. The number of benzene rings is 1. The third kappa shape index (κ3) is 7.58. The van der Waals surface area contributed by atoms with Crippen LogP contribution < -0.4 is 4.72 Å². The molecule has 0 fully saturated rings. The highest BCUT2D eigenvalue weighted by molar-refractivity contribution is 7.92. The van der Waals surface area contributed by atoms with E-state index in [9.17, 15) is 21.6 Å². The van der Waals surface area contributed by atoms with E-state index < -0.39 is 34.8 Å². The number of hydrogen-bond acceptors (Lipinski definition) is 3. The molecule has 2 N–H and O–H groups in total. The number of nitrogens with one attached hydrogen (secondary N) is 1. The van der Waals surface area contributed by atoms with Crippen LogP contribution in [-0.2, 0) is 10.0 Å². The molecule has 0 heterocycles. The van der Waals surface area contributed by atoms with Gasteiger partial charge in [0.1, 0.15) is 6.61 Å². The fourth-order valence-electron chi connectivity index (χ4n) is 1.50. The van der Waals surface area contributed by atoms with Crippen LogP contribution in [0.25, 0.3) is 0 Å². The van der Waals surface area contributed by atoms with Crippen LogP contribution in [0.3, 0.4) is 0 Å². The molecule has 1 rings (SSSR count). The minimum absolute atomic E-state index is 0.215. The van der Waals surface area contributed by atoms with Crippen molar-refractivity contribution in [1.82, 2.24) is 0 Å². The summed E-state index contributed by atoms with van der Waals surface area (Å²) in [5.74, 6) is 4.40. The molecule has 0 aliphatic heterocycles. The first-order chi connectivity index (χ1) is 9.72. The lowest BCUT2D eigenvalue weighted by molar-refractivity contribution is -0.134. The van der Waals surface area contributed by atoms with E-state index in [1.165, 1.54) is 12.1 Å². The molecular formula is C13H14F3NO3S. The van der Waals surface area contributed by atoms with Gasteiger partial charge in [-0.2, -0.15) is 13.2 Å². The van der Waals surface area contributed by atoms with Gasteiger partial charge in [0.2, 0.25) is 10.0 Å². The van der Waals surface area contributed by atoms with Crippen molar-refractivity contribution in [3.63, 3.8) is 0 Å². The molecule has 0 amide bonds. The zero-order valence-corrected chi connectivity index (χ0v) is 11.8. The van der Waals surface area contributed by atoms with Gasteiger partial charge in [-0.05, 0) is 24.6 Å². The Hall–Kier alpha value is -1.72. The number of halogens is 3. The molecule has 21 heavy (non-hydrogen) atoms. The molecule has 0 spiro atoms. The molecular weight excluding hydrogens is 307 g/mol. The second kappa shape index (κ2) is 7.33. The van der Waals surface area contributed by atoms with Gasteiger partial charge in [0.05, 0.1) is 5.75 Å². The lowest BCUT2D eigenvalue weighted by atomic mass is 10.2. The molecule has 1 aromatic rings. The van der Waals surface area contributed by atoms with E-state index in [4.69, 9.17) is 5.11 Å². The van der Waals surface area contributed by atoms with Crippen LogP contribution in [0.1, 0.15) is 18.4 Å². The van der Waals surface area contributed by atoms with Crippen LogP contribution in [0.4, 0.5) is 18.9 Å². The Bertz CT molecular complexity index is 630. The molecule has 0 bridgehead atoms. The molecule has 0 saturated carbocycles. The summed E-state index contributed by atoms with van der Waals surface area (Å²) >= 11 is 0. The molecule has 1 aromatic carbocycles. The van der Waals surface area contributed by atoms with Crippen molar-refractivity contribution in [3.8, 4) is 11.8 Å². The number of sulfonamides is 1. The van der Waals surface area contributed by atoms with Gasteiger partial charge in [0.25, 0.3) is 0 Å². The third-order valence-electron chi connectivity index (χ3n) is 2.32. The summed E-state index contributed by atoms with van der Waals surface area (Å²) in [6.07, 6.45) is -6.01. The predicted octanol–water partition coefficient (Wildman–Crippen LogP) is 2.11. The van der Waals surface area contributed by atoms with Crippen LogP contribution >= 0.6 is 0 Å². The molecule has 0 saturated heterocycles. The summed E-state index contributed by atoms with van der Waals surface area (Å²) in [6.45, 7) is -0.326. The van der Waals surface area contributed by atoms with E-state index in [0.29, 0.717) is 5.56 Å². The Morgan fingerprint density at radius 1 is 1.29 bits per heavy atom. The van der Waals surface area contributed by atoms with Crippen LogP contribution in [0, 0.1) is 11.8 Å². The molecule has 4 nitrogen and oxygen atoms in total. The minimum atomic E-state index is -4.37. The van der Waals surface area contributed by atoms with Gasteiger partial charge >= 0.3 is 6.18 Å². The van der Waals surface area contributed by atoms with Gasteiger partial charge in [0, 0.05) is 17.7 Å². The highest BCUT2D eigenvalue weighted by Gasteiger charge is 2.27. The second-order valence-corrected chi connectivity index (χ2v) is 6.02. The second-order valence-electron chi connectivity index (χ2n) is 4.18. The average Bonchev–Trinajstić information content (AvgIpc) is 2.34. The molecule has 0 aliphatic rings. The maximum atomic E-state index is 12.0. The van der Waals surface area contributed by atoms with Gasteiger partial charge in [-0.1, -0.05) is 17.9 Å².